The summed E-state index contributed by atoms with van der Waals surface area (Å²) in [6, 6.07) is 1.72. The minimum Gasteiger partial charge on any atom is -0.409 e. The van der Waals surface area contributed by atoms with Crippen LogP contribution in [0, 0.1) is 6.92 Å². The van der Waals surface area contributed by atoms with Gasteiger partial charge in [-0.05, 0) is 25.8 Å². The molecule has 2 heterocycles. The standard InChI is InChI=1S/C13H21N5O/c1-10-9-11(12(14)17-19)16-13(15-10)18-7-5-3-2-4-6-8-18/h9,19H,2-8H2,1H3,(H2,14,17). The molecule has 1 fully saturated rings. The minimum absolute atomic E-state index is 0.0267. The number of nitrogens with zero attached hydrogens (tertiary/aromatic N) is 4. The van der Waals surface area contributed by atoms with Crippen molar-refractivity contribution in [2.24, 2.45) is 10.9 Å². The molecule has 6 heteroatoms. The highest BCUT2D eigenvalue weighted by atomic mass is 16.4. The Hall–Kier alpha value is -1.85. The highest BCUT2D eigenvalue weighted by Crippen LogP contribution is 2.16. The molecular weight excluding hydrogens is 242 g/mol. The second kappa shape index (κ2) is 6.36. The number of rotatable bonds is 2. The van der Waals surface area contributed by atoms with Crippen LogP contribution in [-0.2, 0) is 0 Å². The van der Waals surface area contributed by atoms with E-state index in [1.807, 2.05) is 6.92 Å². The van der Waals surface area contributed by atoms with E-state index >= 15 is 0 Å². The van der Waals surface area contributed by atoms with Crippen LogP contribution in [0.3, 0.4) is 0 Å². The molecule has 0 spiro atoms. The first-order valence-electron chi connectivity index (χ1n) is 6.79. The van der Waals surface area contributed by atoms with Crippen molar-refractivity contribution in [1.29, 1.82) is 0 Å². The van der Waals surface area contributed by atoms with Gasteiger partial charge in [0.05, 0.1) is 0 Å². The second-order valence-electron chi connectivity index (χ2n) is 4.93. The van der Waals surface area contributed by atoms with E-state index in [1.165, 1.54) is 19.3 Å². The Morgan fingerprint density at radius 3 is 2.47 bits per heavy atom. The van der Waals surface area contributed by atoms with Crippen LogP contribution in [0.15, 0.2) is 11.2 Å². The molecule has 0 aromatic carbocycles. The molecule has 0 radical (unpaired) electrons. The molecule has 0 saturated carbocycles. The maximum atomic E-state index is 8.75. The highest BCUT2D eigenvalue weighted by molar-refractivity contribution is 5.95. The Balaban J connectivity index is 2.24. The fourth-order valence-corrected chi connectivity index (χ4v) is 2.32. The molecule has 0 unspecified atom stereocenters. The number of hydrogen-bond donors (Lipinski definition) is 2. The van der Waals surface area contributed by atoms with E-state index in [-0.39, 0.29) is 5.84 Å². The van der Waals surface area contributed by atoms with Crippen LogP contribution >= 0.6 is 0 Å². The Bertz CT molecular complexity index is 452. The Morgan fingerprint density at radius 1 is 1.21 bits per heavy atom. The van der Waals surface area contributed by atoms with Crippen molar-refractivity contribution in [3.05, 3.63) is 17.5 Å². The van der Waals surface area contributed by atoms with Crippen LogP contribution in [0.25, 0.3) is 0 Å². The van der Waals surface area contributed by atoms with E-state index in [9.17, 15) is 0 Å². The lowest BCUT2D eigenvalue weighted by Crippen LogP contribution is -2.30. The van der Waals surface area contributed by atoms with Crippen LogP contribution in [0.5, 0.6) is 0 Å². The van der Waals surface area contributed by atoms with Gasteiger partial charge in [0.25, 0.3) is 0 Å². The smallest absolute Gasteiger partial charge is 0.226 e. The Labute approximate surface area is 113 Å². The van der Waals surface area contributed by atoms with Crippen LogP contribution in [0.1, 0.15) is 43.5 Å². The molecule has 1 aromatic heterocycles. The fourth-order valence-electron chi connectivity index (χ4n) is 2.32. The summed E-state index contributed by atoms with van der Waals surface area (Å²) in [6.07, 6.45) is 6.16. The van der Waals surface area contributed by atoms with Gasteiger partial charge in [-0.25, -0.2) is 9.97 Å². The van der Waals surface area contributed by atoms with Crippen molar-refractivity contribution >= 4 is 11.8 Å². The third kappa shape index (κ3) is 3.56. The molecule has 104 valence electrons. The van der Waals surface area contributed by atoms with Gasteiger partial charge in [0.2, 0.25) is 5.95 Å². The van der Waals surface area contributed by atoms with Gasteiger partial charge in [0, 0.05) is 18.8 Å². The molecule has 2 rings (SSSR count). The maximum absolute atomic E-state index is 8.75. The summed E-state index contributed by atoms with van der Waals surface area (Å²) in [5.74, 6) is 0.710. The van der Waals surface area contributed by atoms with E-state index in [4.69, 9.17) is 10.9 Å². The van der Waals surface area contributed by atoms with Gasteiger partial charge in [0.1, 0.15) is 5.69 Å². The van der Waals surface area contributed by atoms with Crippen molar-refractivity contribution < 1.29 is 5.21 Å². The van der Waals surface area contributed by atoms with Gasteiger partial charge in [0.15, 0.2) is 5.84 Å². The van der Waals surface area contributed by atoms with Gasteiger partial charge in [-0.15, -0.1) is 0 Å². The summed E-state index contributed by atoms with van der Waals surface area (Å²) in [7, 11) is 0. The minimum atomic E-state index is 0.0267. The predicted molar refractivity (Wildman–Crippen MR) is 74.6 cm³/mol. The molecule has 19 heavy (non-hydrogen) atoms. The first kappa shape index (κ1) is 13.6. The zero-order valence-electron chi connectivity index (χ0n) is 11.3. The van der Waals surface area contributed by atoms with Crippen LogP contribution in [0.2, 0.25) is 0 Å². The molecule has 0 amide bonds. The quantitative estimate of drug-likeness (QED) is 0.366. The maximum Gasteiger partial charge on any atom is 0.226 e. The van der Waals surface area contributed by atoms with Crippen molar-refractivity contribution in [3.8, 4) is 0 Å². The molecule has 6 nitrogen and oxygen atoms in total. The number of anilines is 1. The molecule has 3 N–H and O–H groups in total. The molecule has 1 aromatic rings. The van der Waals surface area contributed by atoms with Gasteiger partial charge < -0.3 is 15.8 Å². The molecule has 1 aliphatic rings. The lowest BCUT2D eigenvalue weighted by atomic mass is 10.1. The average Bonchev–Trinajstić information content (AvgIpc) is 2.36. The SMILES string of the molecule is Cc1cc(/C(N)=N/O)nc(N2CCCCCCC2)n1. The van der Waals surface area contributed by atoms with Crippen molar-refractivity contribution in [2.45, 2.75) is 39.0 Å². The molecule has 0 aliphatic carbocycles. The number of aromatic nitrogens is 2. The van der Waals surface area contributed by atoms with Crippen molar-refractivity contribution in [1.82, 2.24) is 9.97 Å². The lowest BCUT2D eigenvalue weighted by Gasteiger charge is -2.25. The second-order valence-corrected chi connectivity index (χ2v) is 4.93. The summed E-state index contributed by atoms with van der Waals surface area (Å²) in [6.45, 7) is 3.83. The predicted octanol–water partition coefficient (Wildman–Crippen LogP) is 1.65. The van der Waals surface area contributed by atoms with E-state index in [0.717, 1.165) is 31.6 Å². The van der Waals surface area contributed by atoms with Crippen LogP contribution in [0.4, 0.5) is 5.95 Å². The lowest BCUT2D eigenvalue weighted by molar-refractivity contribution is 0.318. The number of amidine groups is 1. The molecule has 1 saturated heterocycles. The first-order chi connectivity index (χ1) is 9.20. The summed E-state index contributed by atoms with van der Waals surface area (Å²) < 4.78 is 0. The summed E-state index contributed by atoms with van der Waals surface area (Å²) >= 11 is 0. The number of aryl methyl sites for hydroxylation is 1. The Kier molecular flexibility index (Phi) is 4.54. The largest absolute Gasteiger partial charge is 0.409 e. The van der Waals surface area contributed by atoms with Crippen molar-refractivity contribution in [2.75, 3.05) is 18.0 Å². The number of oxime groups is 1. The molecular formula is C13H21N5O. The van der Waals surface area contributed by atoms with Crippen molar-refractivity contribution in [3.63, 3.8) is 0 Å². The summed E-state index contributed by atoms with van der Waals surface area (Å²) in [5, 5.41) is 11.8. The summed E-state index contributed by atoms with van der Waals surface area (Å²) in [4.78, 5) is 11.1. The normalized spacial score (nSPS) is 17.9. The monoisotopic (exact) mass is 263 g/mol. The van der Waals surface area contributed by atoms with Gasteiger partial charge in [-0.2, -0.15) is 0 Å². The topological polar surface area (TPSA) is 87.6 Å². The van der Waals surface area contributed by atoms with Crippen LogP contribution < -0.4 is 10.6 Å². The zero-order valence-corrected chi connectivity index (χ0v) is 11.3. The van der Waals surface area contributed by atoms with Gasteiger partial charge >= 0.3 is 0 Å². The zero-order chi connectivity index (χ0) is 13.7. The molecule has 1 aliphatic heterocycles. The third-order valence-corrected chi connectivity index (χ3v) is 3.35. The molecule has 0 atom stereocenters. The number of hydrogen-bond acceptors (Lipinski definition) is 5. The van der Waals surface area contributed by atoms with Crippen LogP contribution in [-0.4, -0.2) is 34.1 Å². The number of nitrogens with two attached hydrogens (primary N) is 1. The van der Waals surface area contributed by atoms with E-state index in [0.29, 0.717) is 11.6 Å². The average molecular weight is 263 g/mol. The van der Waals surface area contributed by atoms with E-state index in [2.05, 4.69) is 20.0 Å². The van der Waals surface area contributed by atoms with E-state index in [1.54, 1.807) is 6.07 Å². The molecule has 0 bridgehead atoms. The van der Waals surface area contributed by atoms with Gasteiger partial charge in [-0.1, -0.05) is 24.4 Å². The van der Waals surface area contributed by atoms with Gasteiger partial charge in [-0.3, -0.25) is 0 Å². The highest BCUT2D eigenvalue weighted by Gasteiger charge is 2.14. The first-order valence-corrected chi connectivity index (χ1v) is 6.79. The third-order valence-electron chi connectivity index (χ3n) is 3.35. The van der Waals surface area contributed by atoms with E-state index < -0.39 is 0 Å². The fraction of sp³-hybridized carbons (Fsp3) is 0.615. The Morgan fingerprint density at radius 2 is 1.84 bits per heavy atom. The summed E-state index contributed by atoms with van der Waals surface area (Å²) in [5.41, 5.74) is 6.91.